The highest BCUT2D eigenvalue weighted by Crippen LogP contribution is 2.17. The fourth-order valence-electron chi connectivity index (χ4n) is 2.52. The van der Waals surface area contributed by atoms with Crippen molar-refractivity contribution in [3.8, 4) is 0 Å². The molecule has 3 N–H and O–H groups in total. The number of carbonyl (C=O) groups excluding carboxylic acids is 1. The molecule has 0 atom stereocenters. The van der Waals surface area contributed by atoms with Crippen LogP contribution in [0, 0.1) is 10.1 Å². The van der Waals surface area contributed by atoms with Crippen molar-refractivity contribution in [3.63, 3.8) is 0 Å². The lowest BCUT2D eigenvalue weighted by molar-refractivity contribution is -0.384. The van der Waals surface area contributed by atoms with Crippen LogP contribution >= 0.6 is 0 Å². The number of nitrogens with zero attached hydrogens (tertiary/aromatic N) is 1. The molecule has 0 bridgehead atoms. The highest BCUT2D eigenvalue weighted by atomic mass is 16.8. The minimum Gasteiger partial charge on any atom is -0.445 e. The summed E-state index contributed by atoms with van der Waals surface area (Å²) in [6.07, 6.45) is -1.95. The lowest BCUT2D eigenvalue weighted by Gasteiger charge is -2.36. The van der Waals surface area contributed by atoms with E-state index in [1.165, 1.54) is 24.3 Å². The van der Waals surface area contributed by atoms with Gasteiger partial charge < -0.3 is 34.7 Å². The quantitative estimate of drug-likeness (QED) is 0.540. The van der Waals surface area contributed by atoms with E-state index in [0.29, 0.717) is 18.8 Å². The maximum atomic E-state index is 11.9. The highest BCUT2D eigenvalue weighted by Gasteiger charge is 2.34. The van der Waals surface area contributed by atoms with Crippen molar-refractivity contribution in [1.29, 1.82) is 0 Å². The van der Waals surface area contributed by atoms with Crippen molar-refractivity contribution in [3.05, 3.63) is 39.9 Å². The molecule has 27 heavy (non-hydrogen) atoms. The van der Waals surface area contributed by atoms with Crippen molar-refractivity contribution in [1.82, 2.24) is 5.32 Å². The zero-order chi connectivity index (χ0) is 19.2. The van der Waals surface area contributed by atoms with E-state index in [2.05, 4.69) is 5.32 Å². The smallest absolute Gasteiger partial charge is 0.407 e. The summed E-state index contributed by atoms with van der Waals surface area (Å²) < 4.78 is 26.9. The number of non-ortho nitro benzene ring substituents is 1. The molecule has 0 spiro atoms. The minimum absolute atomic E-state index is 0.00903. The Balaban J connectivity index is 1.36. The summed E-state index contributed by atoms with van der Waals surface area (Å²) >= 11 is 0. The van der Waals surface area contributed by atoms with Gasteiger partial charge in [0.05, 0.1) is 43.4 Å². The van der Waals surface area contributed by atoms with Crippen LogP contribution < -0.4 is 11.1 Å². The maximum Gasteiger partial charge on any atom is 0.407 e. The fourth-order valence-corrected chi connectivity index (χ4v) is 2.52. The second-order valence-electron chi connectivity index (χ2n) is 6.17. The molecular formula is C16H21N3O8. The van der Waals surface area contributed by atoms with E-state index < -0.39 is 23.6 Å². The lowest BCUT2D eigenvalue weighted by atomic mass is 10.2. The number of nitro groups is 1. The number of nitrogens with two attached hydrogens (primary N) is 1. The maximum absolute atomic E-state index is 11.9. The molecular weight excluding hydrogens is 362 g/mol. The summed E-state index contributed by atoms with van der Waals surface area (Å²) in [5.74, 6) is 0. The van der Waals surface area contributed by atoms with Gasteiger partial charge in [-0.15, -0.1) is 0 Å². The normalized spacial score (nSPS) is 28.3. The highest BCUT2D eigenvalue weighted by molar-refractivity contribution is 5.67. The van der Waals surface area contributed by atoms with Gasteiger partial charge in [-0.05, 0) is 17.7 Å². The third-order valence-electron chi connectivity index (χ3n) is 3.93. The Morgan fingerprint density at radius 1 is 1.11 bits per heavy atom. The Kier molecular flexibility index (Phi) is 6.53. The largest absolute Gasteiger partial charge is 0.445 e. The van der Waals surface area contributed by atoms with Gasteiger partial charge in [-0.3, -0.25) is 10.1 Å². The molecule has 2 fully saturated rings. The van der Waals surface area contributed by atoms with E-state index in [1.807, 2.05) is 0 Å². The van der Waals surface area contributed by atoms with Crippen molar-refractivity contribution < 1.29 is 33.4 Å². The number of rotatable bonds is 5. The number of nitrogens with one attached hydrogen (secondary N) is 1. The van der Waals surface area contributed by atoms with Gasteiger partial charge in [0, 0.05) is 12.1 Å². The predicted molar refractivity (Wildman–Crippen MR) is 89.6 cm³/mol. The number of nitro benzene ring substituents is 1. The molecule has 1 aromatic rings. The molecule has 0 unspecified atom stereocenters. The van der Waals surface area contributed by atoms with Gasteiger partial charge in [-0.1, -0.05) is 0 Å². The summed E-state index contributed by atoms with van der Waals surface area (Å²) in [6.45, 7) is 1.15. The Morgan fingerprint density at radius 2 is 1.67 bits per heavy atom. The van der Waals surface area contributed by atoms with Gasteiger partial charge in [0.15, 0.2) is 0 Å². The number of alkyl carbamates (subject to hydrolysis) is 1. The first kappa shape index (κ1) is 19.5. The number of carbonyl (C=O) groups is 1. The van der Waals surface area contributed by atoms with Gasteiger partial charge in [0.1, 0.15) is 6.61 Å². The van der Waals surface area contributed by atoms with Crippen LogP contribution in [-0.4, -0.2) is 62.1 Å². The first-order chi connectivity index (χ1) is 13.0. The Morgan fingerprint density at radius 3 is 2.22 bits per heavy atom. The van der Waals surface area contributed by atoms with E-state index in [-0.39, 0.29) is 37.6 Å². The number of hydrogen-bond acceptors (Lipinski definition) is 9. The first-order valence-corrected chi connectivity index (χ1v) is 8.40. The van der Waals surface area contributed by atoms with Crippen LogP contribution in [0.2, 0.25) is 0 Å². The van der Waals surface area contributed by atoms with Crippen LogP contribution in [0.5, 0.6) is 0 Å². The summed E-state index contributed by atoms with van der Waals surface area (Å²) in [6, 6.07) is 5.21. The second kappa shape index (κ2) is 9.06. The molecule has 2 aliphatic heterocycles. The molecule has 11 heteroatoms. The minimum atomic E-state index is -0.674. The number of ether oxygens (including phenoxy) is 5. The molecule has 3 rings (SSSR count). The van der Waals surface area contributed by atoms with Gasteiger partial charge in [-0.25, -0.2) is 4.79 Å². The predicted octanol–water partition coefficient (Wildman–Crippen LogP) is 0.263. The van der Waals surface area contributed by atoms with Crippen molar-refractivity contribution in [2.45, 2.75) is 31.3 Å². The molecule has 1 amide bonds. The monoisotopic (exact) mass is 383 g/mol. The van der Waals surface area contributed by atoms with E-state index in [4.69, 9.17) is 29.4 Å². The van der Waals surface area contributed by atoms with E-state index >= 15 is 0 Å². The number of amides is 1. The fraction of sp³-hybridized carbons (Fsp3) is 0.562. The standard InChI is InChI=1S/C16H21N3O8/c17-11-6-23-14(24-7-11)15-25-8-12(9-26-15)18-16(20)27-5-10-1-3-13(4-2-10)19(21)22/h1-4,11-12,14-15H,5-9,17H2,(H,18,20). The van der Waals surface area contributed by atoms with Crippen molar-refractivity contribution >= 4 is 11.8 Å². The summed E-state index contributed by atoms with van der Waals surface area (Å²) in [5, 5.41) is 13.2. The first-order valence-electron chi connectivity index (χ1n) is 8.40. The topological polar surface area (TPSA) is 144 Å². The van der Waals surface area contributed by atoms with Crippen LogP contribution in [0.1, 0.15) is 5.56 Å². The van der Waals surface area contributed by atoms with Crippen LogP contribution in [0.15, 0.2) is 24.3 Å². The number of benzene rings is 1. The molecule has 11 nitrogen and oxygen atoms in total. The molecule has 2 saturated heterocycles. The van der Waals surface area contributed by atoms with Crippen LogP contribution in [0.4, 0.5) is 10.5 Å². The average Bonchev–Trinajstić information content (AvgIpc) is 2.68. The van der Waals surface area contributed by atoms with Crippen LogP contribution in [-0.2, 0) is 30.3 Å². The summed E-state index contributed by atoms with van der Waals surface area (Å²) in [5.41, 5.74) is 6.28. The van der Waals surface area contributed by atoms with Gasteiger partial charge in [0.25, 0.3) is 5.69 Å². The zero-order valence-corrected chi connectivity index (χ0v) is 14.4. The molecule has 2 aliphatic rings. The van der Waals surface area contributed by atoms with Gasteiger partial charge in [0.2, 0.25) is 12.6 Å². The molecule has 0 radical (unpaired) electrons. The molecule has 2 heterocycles. The summed E-state index contributed by atoms with van der Waals surface area (Å²) in [7, 11) is 0. The van der Waals surface area contributed by atoms with E-state index in [1.54, 1.807) is 0 Å². The molecule has 0 aliphatic carbocycles. The van der Waals surface area contributed by atoms with Crippen molar-refractivity contribution in [2.24, 2.45) is 5.73 Å². The van der Waals surface area contributed by atoms with Gasteiger partial charge in [-0.2, -0.15) is 0 Å². The SMILES string of the molecule is NC1COC(C2OCC(NC(=O)OCc3ccc([N+](=O)[O-])cc3)CO2)OC1. The average molecular weight is 383 g/mol. The molecule has 1 aromatic carbocycles. The second-order valence-corrected chi connectivity index (χ2v) is 6.17. The van der Waals surface area contributed by atoms with Gasteiger partial charge >= 0.3 is 6.09 Å². The summed E-state index contributed by atoms with van der Waals surface area (Å²) in [4.78, 5) is 22.0. The molecule has 0 saturated carbocycles. The molecule has 148 valence electrons. The Bertz CT molecular complexity index is 640. The molecule has 0 aromatic heterocycles. The van der Waals surface area contributed by atoms with E-state index in [0.717, 1.165) is 0 Å². The third kappa shape index (κ3) is 5.58. The zero-order valence-electron chi connectivity index (χ0n) is 14.4. The van der Waals surface area contributed by atoms with Crippen LogP contribution in [0.25, 0.3) is 0 Å². The Labute approximate surface area is 154 Å². The van der Waals surface area contributed by atoms with Crippen molar-refractivity contribution in [2.75, 3.05) is 26.4 Å². The number of hydrogen-bond donors (Lipinski definition) is 2. The lowest BCUT2D eigenvalue weighted by Crippen LogP contribution is -2.53. The van der Waals surface area contributed by atoms with Crippen LogP contribution in [0.3, 0.4) is 0 Å². The van der Waals surface area contributed by atoms with E-state index in [9.17, 15) is 14.9 Å². The Hall–Kier alpha value is -2.31. The third-order valence-corrected chi connectivity index (χ3v) is 3.93.